The fourth-order valence-electron chi connectivity index (χ4n) is 4.59. The number of halogens is 1. The second-order valence-corrected chi connectivity index (χ2v) is 9.37. The lowest BCUT2D eigenvalue weighted by atomic mass is 10.0. The molecular weight excluding hydrogens is 502 g/mol. The lowest BCUT2D eigenvalue weighted by Crippen LogP contribution is -2.30. The first kappa shape index (κ1) is 23.2. The Balaban J connectivity index is 1.40. The number of anilines is 1. The first-order valence-electron chi connectivity index (χ1n) is 11.8. The second kappa shape index (κ2) is 10.0. The van der Waals surface area contributed by atoms with E-state index in [1.54, 1.807) is 12.4 Å². The maximum atomic E-state index is 6.10. The van der Waals surface area contributed by atoms with Gasteiger partial charge in [0, 0.05) is 30.0 Å². The summed E-state index contributed by atoms with van der Waals surface area (Å²) in [6, 6.07) is 31.1. The van der Waals surface area contributed by atoms with Gasteiger partial charge < -0.3 is 19.5 Å². The Morgan fingerprint density at radius 3 is 2.32 bits per heavy atom. The molecule has 5 aromatic rings. The lowest BCUT2D eigenvalue weighted by Gasteiger charge is -2.29. The molecule has 0 radical (unpaired) electrons. The van der Waals surface area contributed by atoms with Gasteiger partial charge in [0.15, 0.2) is 5.11 Å². The molecule has 0 unspecified atom stereocenters. The summed E-state index contributed by atoms with van der Waals surface area (Å²) >= 11 is 12.0. The number of para-hydroxylation sites is 1. The fourth-order valence-corrected chi connectivity index (χ4v) is 5.04. The summed E-state index contributed by atoms with van der Waals surface area (Å²) in [5, 5.41) is 4.72. The number of benzene rings is 2. The summed E-state index contributed by atoms with van der Waals surface area (Å²) in [5.41, 5.74) is 2.86. The van der Waals surface area contributed by atoms with Gasteiger partial charge in [-0.15, -0.1) is 0 Å². The van der Waals surface area contributed by atoms with Crippen molar-refractivity contribution >= 4 is 34.6 Å². The van der Waals surface area contributed by atoms with Crippen molar-refractivity contribution in [3.63, 3.8) is 0 Å². The molecule has 1 aliphatic heterocycles. The molecule has 2 atom stereocenters. The lowest BCUT2D eigenvalue weighted by molar-refractivity contribution is 0.482. The van der Waals surface area contributed by atoms with Crippen LogP contribution in [0, 0.1) is 0 Å². The highest BCUT2D eigenvalue weighted by Crippen LogP contribution is 2.42. The van der Waals surface area contributed by atoms with E-state index < -0.39 is 0 Å². The zero-order valence-corrected chi connectivity index (χ0v) is 21.2. The summed E-state index contributed by atoms with van der Waals surface area (Å²) in [4.78, 5) is 11.3. The molecule has 8 heteroatoms. The van der Waals surface area contributed by atoms with Crippen LogP contribution in [0.2, 0.25) is 5.02 Å². The number of hydrogen-bond acceptors (Lipinski definition) is 4. The molecule has 1 aliphatic rings. The first-order valence-corrected chi connectivity index (χ1v) is 12.6. The predicted octanol–water partition coefficient (Wildman–Crippen LogP) is 6.89. The molecule has 6 nitrogen and oxygen atoms in total. The number of rotatable bonds is 6. The molecule has 0 amide bonds. The molecule has 3 aromatic heterocycles. The number of ether oxygens (including phenoxy) is 1. The Morgan fingerprint density at radius 2 is 1.59 bits per heavy atom. The fraction of sp³-hybridized carbons (Fsp3) is 0.0690. The molecule has 2 aromatic carbocycles. The number of nitrogens with zero attached hydrogens (tertiary/aromatic N) is 4. The zero-order chi connectivity index (χ0) is 25.2. The van der Waals surface area contributed by atoms with Crippen LogP contribution in [0.15, 0.2) is 116 Å². The van der Waals surface area contributed by atoms with Gasteiger partial charge in [-0.05, 0) is 85.0 Å². The molecule has 182 valence electrons. The maximum absolute atomic E-state index is 6.10. The van der Waals surface area contributed by atoms with Crippen molar-refractivity contribution in [1.29, 1.82) is 0 Å². The van der Waals surface area contributed by atoms with E-state index in [9.17, 15) is 0 Å². The Morgan fingerprint density at radius 1 is 0.811 bits per heavy atom. The molecular formula is C29H22ClN5OS. The minimum absolute atomic E-state index is 0.171. The summed E-state index contributed by atoms with van der Waals surface area (Å²) in [7, 11) is 0. The standard InChI is InChI=1S/C29H22ClN5OS/c30-20-11-16-26(32-19-20)34-18-6-10-25(34)28-27(24-9-4-5-17-31-24)33-29(37)35(28)21-12-14-23(15-13-21)36-22-7-2-1-3-8-22/h1-19,27-28H,(H,33,37)/t27-,28-/m0/s1. The smallest absolute Gasteiger partial charge is 0.174 e. The number of hydrogen-bond donors (Lipinski definition) is 1. The largest absolute Gasteiger partial charge is 0.457 e. The van der Waals surface area contributed by atoms with Gasteiger partial charge in [-0.2, -0.15) is 0 Å². The Kier molecular flexibility index (Phi) is 6.30. The highest BCUT2D eigenvalue weighted by atomic mass is 35.5. The predicted molar refractivity (Wildman–Crippen MR) is 149 cm³/mol. The van der Waals surface area contributed by atoms with Crippen molar-refractivity contribution in [3.05, 3.63) is 132 Å². The van der Waals surface area contributed by atoms with Crippen molar-refractivity contribution in [2.75, 3.05) is 4.90 Å². The van der Waals surface area contributed by atoms with Gasteiger partial charge in [0.25, 0.3) is 0 Å². The average molecular weight is 524 g/mol. The second-order valence-electron chi connectivity index (χ2n) is 8.54. The normalized spacial score (nSPS) is 17.0. The molecule has 1 saturated heterocycles. The topological polar surface area (TPSA) is 55.2 Å². The van der Waals surface area contributed by atoms with E-state index in [0.29, 0.717) is 10.1 Å². The molecule has 37 heavy (non-hydrogen) atoms. The highest BCUT2D eigenvalue weighted by Gasteiger charge is 2.42. The Labute approximate surface area is 225 Å². The average Bonchev–Trinajstić information content (AvgIpc) is 3.55. The number of pyridine rings is 2. The zero-order valence-electron chi connectivity index (χ0n) is 19.6. The van der Waals surface area contributed by atoms with Crippen molar-refractivity contribution in [2.24, 2.45) is 0 Å². The van der Waals surface area contributed by atoms with Gasteiger partial charge in [0.1, 0.15) is 23.4 Å². The highest BCUT2D eigenvalue weighted by molar-refractivity contribution is 7.80. The van der Waals surface area contributed by atoms with E-state index in [4.69, 9.17) is 28.6 Å². The van der Waals surface area contributed by atoms with E-state index in [0.717, 1.165) is 34.4 Å². The molecule has 0 saturated carbocycles. The molecule has 1 fully saturated rings. The van der Waals surface area contributed by atoms with Crippen LogP contribution in [-0.4, -0.2) is 19.6 Å². The van der Waals surface area contributed by atoms with Gasteiger partial charge >= 0.3 is 0 Å². The first-order chi connectivity index (χ1) is 18.2. The van der Waals surface area contributed by atoms with E-state index in [1.807, 2.05) is 97.2 Å². The van der Waals surface area contributed by atoms with E-state index in [-0.39, 0.29) is 12.1 Å². The molecule has 0 spiro atoms. The molecule has 0 bridgehead atoms. The van der Waals surface area contributed by atoms with Crippen LogP contribution in [0.1, 0.15) is 23.5 Å². The third kappa shape index (κ3) is 4.67. The van der Waals surface area contributed by atoms with Gasteiger partial charge in [-0.3, -0.25) is 4.98 Å². The van der Waals surface area contributed by atoms with Gasteiger partial charge in [-0.1, -0.05) is 35.9 Å². The van der Waals surface area contributed by atoms with Gasteiger partial charge in [0.05, 0.1) is 16.8 Å². The quantitative estimate of drug-likeness (QED) is 0.245. The summed E-state index contributed by atoms with van der Waals surface area (Å²) < 4.78 is 8.06. The SMILES string of the molecule is S=C1N[C@@H](c2ccccn2)[C@H](c2cccn2-c2ccc(Cl)cn2)N1c1ccc(Oc2ccccc2)cc1. The summed E-state index contributed by atoms with van der Waals surface area (Å²) in [6.07, 6.45) is 5.45. The molecule has 4 heterocycles. The number of nitrogens with one attached hydrogen (secondary N) is 1. The van der Waals surface area contributed by atoms with Crippen molar-refractivity contribution in [2.45, 2.75) is 12.1 Å². The van der Waals surface area contributed by atoms with Crippen LogP contribution >= 0.6 is 23.8 Å². The molecule has 6 rings (SSSR count). The minimum atomic E-state index is -0.184. The maximum Gasteiger partial charge on any atom is 0.174 e. The summed E-state index contributed by atoms with van der Waals surface area (Å²) in [5.74, 6) is 2.31. The van der Waals surface area contributed by atoms with Crippen LogP contribution in [0.4, 0.5) is 5.69 Å². The van der Waals surface area contributed by atoms with Crippen molar-refractivity contribution < 1.29 is 4.74 Å². The van der Waals surface area contributed by atoms with Gasteiger partial charge in [0.2, 0.25) is 0 Å². The minimum Gasteiger partial charge on any atom is -0.457 e. The van der Waals surface area contributed by atoms with Crippen LogP contribution in [0.3, 0.4) is 0 Å². The van der Waals surface area contributed by atoms with Crippen molar-refractivity contribution in [1.82, 2.24) is 19.9 Å². The van der Waals surface area contributed by atoms with E-state index in [1.165, 1.54) is 0 Å². The third-order valence-electron chi connectivity index (χ3n) is 6.23. The Bertz CT molecular complexity index is 1510. The van der Waals surface area contributed by atoms with E-state index in [2.05, 4.69) is 30.8 Å². The van der Waals surface area contributed by atoms with Crippen LogP contribution in [-0.2, 0) is 0 Å². The molecule has 0 aliphatic carbocycles. The van der Waals surface area contributed by atoms with Crippen molar-refractivity contribution in [3.8, 4) is 17.3 Å². The van der Waals surface area contributed by atoms with Crippen LogP contribution < -0.4 is 15.0 Å². The number of aromatic nitrogens is 3. The van der Waals surface area contributed by atoms with Gasteiger partial charge in [-0.25, -0.2) is 4.98 Å². The third-order valence-corrected chi connectivity index (χ3v) is 6.77. The summed E-state index contributed by atoms with van der Waals surface area (Å²) in [6.45, 7) is 0. The number of thiocarbonyl (C=S) groups is 1. The van der Waals surface area contributed by atoms with Crippen LogP contribution in [0.5, 0.6) is 11.5 Å². The van der Waals surface area contributed by atoms with E-state index >= 15 is 0 Å². The van der Waals surface area contributed by atoms with Crippen LogP contribution in [0.25, 0.3) is 5.82 Å². The molecule has 1 N–H and O–H groups in total. The Hall–Kier alpha value is -4.20. The monoisotopic (exact) mass is 523 g/mol.